The predicted molar refractivity (Wildman–Crippen MR) is 99.8 cm³/mol. The molecule has 128 valence electrons. The zero-order chi connectivity index (χ0) is 15.9. The molecule has 4 rings (SSSR count). The molecule has 0 spiro atoms. The topological polar surface area (TPSA) is 0 Å². The van der Waals surface area contributed by atoms with Crippen LogP contribution in [0.2, 0.25) is 0 Å². The van der Waals surface area contributed by atoms with Crippen LogP contribution >= 0.6 is 0 Å². The van der Waals surface area contributed by atoms with E-state index >= 15 is 0 Å². The minimum absolute atomic E-state index is 0. The van der Waals surface area contributed by atoms with Gasteiger partial charge in [0, 0.05) is 0 Å². The smallest absolute Gasteiger partial charge is 1.00 e. The maximum atomic E-state index is 3.00. The van der Waals surface area contributed by atoms with E-state index in [1.54, 1.807) is 0 Å². The fourth-order valence-electron chi connectivity index (χ4n) is 2.49. The van der Waals surface area contributed by atoms with Gasteiger partial charge in [0.2, 0.25) is 0 Å². The fraction of sp³-hybridized carbons (Fsp3) is 0.0909. The average molecular weight is 449 g/mol. The van der Waals surface area contributed by atoms with Crippen molar-refractivity contribution in [3.05, 3.63) is 97.1 Å². The van der Waals surface area contributed by atoms with Crippen molar-refractivity contribution in [2.75, 3.05) is 0 Å². The first-order valence-corrected chi connectivity index (χ1v) is 7.46. The summed E-state index contributed by atoms with van der Waals surface area (Å²) >= 11 is 0. The van der Waals surface area contributed by atoms with Crippen molar-refractivity contribution in [2.45, 2.75) is 13.8 Å². The molecule has 4 aromatic rings. The summed E-state index contributed by atoms with van der Waals surface area (Å²) in [5.74, 6) is 0. The van der Waals surface area contributed by atoms with E-state index < -0.39 is 0 Å². The number of benzene rings is 2. The summed E-state index contributed by atoms with van der Waals surface area (Å²) in [4.78, 5) is 0. The Morgan fingerprint density at radius 3 is 1.36 bits per heavy atom. The van der Waals surface area contributed by atoms with Gasteiger partial charge in [0.05, 0.1) is 0 Å². The van der Waals surface area contributed by atoms with E-state index in [4.69, 9.17) is 0 Å². The van der Waals surface area contributed by atoms with Gasteiger partial charge in [-0.1, -0.05) is 23.3 Å². The SMILES string of the molecule is C=C.Cc1ccc2cc[cH-]c2c1.Cc1ccc2cc[cH-]c2c1.[Cl-].[Cl-].[Zr+4]. The van der Waals surface area contributed by atoms with E-state index in [-0.39, 0.29) is 51.0 Å². The second-order valence-electron chi connectivity index (χ2n) is 5.32. The van der Waals surface area contributed by atoms with Gasteiger partial charge in [-0.05, 0) is 13.8 Å². The number of fused-ring (bicyclic) bond motifs is 2. The molecule has 0 nitrogen and oxygen atoms in total. The summed E-state index contributed by atoms with van der Waals surface area (Å²) in [6.45, 7) is 10.2. The van der Waals surface area contributed by atoms with Gasteiger partial charge in [0.15, 0.2) is 0 Å². The molecule has 4 aromatic carbocycles. The van der Waals surface area contributed by atoms with E-state index in [0.29, 0.717) is 0 Å². The maximum Gasteiger partial charge on any atom is 4.00 e. The van der Waals surface area contributed by atoms with Gasteiger partial charge in [0.25, 0.3) is 0 Å². The van der Waals surface area contributed by atoms with Gasteiger partial charge in [-0.3, -0.25) is 0 Å². The molecule has 25 heavy (non-hydrogen) atoms. The first-order chi connectivity index (χ1) is 10.7. The number of rotatable bonds is 0. The molecule has 0 saturated carbocycles. The molecular weight excluding hydrogens is 426 g/mol. The molecule has 0 aliphatic heterocycles. The summed E-state index contributed by atoms with van der Waals surface area (Å²) < 4.78 is 0. The van der Waals surface area contributed by atoms with E-state index in [9.17, 15) is 0 Å². The van der Waals surface area contributed by atoms with Crippen LogP contribution in [0.4, 0.5) is 0 Å². The monoisotopic (exact) mass is 446 g/mol. The average Bonchev–Trinajstić information content (AvgIpc) is 3.17. The van der Waals surface area contributed by atoms with E-state index in [1.165, 1.54) is 32.7 Å². The second-order valence-corrected chi connectivity index (χ2v) is 5.32. The van der Waals surface area contributed by atoms with Crippen LogP contribution < -0.4 is 24.8 Å². The van der Waals surface area contributed by atoms with Gasteiger partial charge in [-0.2, -0.15) is 24.3 Å². The van der Waals surface area contributed by atoms with Gasteiger partial charge >= 0.3 is 26.2 Å². The number of aryl methyl sites for hydroxylation is 2. The van der Waals surface area contributed by atoms with Crippen molar-refractivity contribution in [3.8, 4) is 0 Å². The Balaban J connectivity index is 0. The van der Waals surface area contributed by atoms with Crippen molar-refractivity contribution < 1.29 is 51.0 Å². The van der Waals surface area contributed by atoms with Crippen molar-refractivity contribution in [1.82, 2.24) is 0 Å². The molecule has 0 amide bonds. The van der Waals surface area contributed by atoms with E-state index in [0.717, 1.165) is 0 Å². The molecule has 0 bridgehead atoms. The van der Waals surface area contributed by atoms with Gasteiger partial charge in [0.1, 0.15) is 0 Å². The predicted octanol–water partition coefficient (Wildman–Crippen LogP) is 0.542. The van der Waals surface area contributed by atoms with Gasteiger partial charge < -0.3 is 24.8 Å². The van der Waals surface area contributed by atoms with Crippen LogP contribution in [-0.4, -0.2) is 0 Å². The molecule has 0 atom stereocenters. The van der Waals surface area contributed by atoms with Crippen LogP contribution in [0.3, 0.4) is 0 Å². The molecule has 0 saturated heterocycles. The third-order valence-electron chi connectivity index (χ3n) is 3.59. The molecule has 0 aliphatic rings. The Kier molecular flexibility index (Phi) is 13.7. The molecule has 3 heteroatoms. The summed E-state index contributed by atoms with van der Waals surface area (Å²) in [5.41, 5.74) is 2.66. The van der Waals surface area contributed by atoms with Crippen LogP contribution in [0.25, 0.3) is 21.5 Å². The summed E-state index contributed by atoms with van der Waals surface area (Å²) in [6.07, 6.45) is 0. The molecular formula is C22H22Cl2Zr. The zero-order valence-electron chi connectivity index (χ0n) is 14.6. The third-order valence-corrected chi connectivity index (χ3v) is 3.59. The van der Waals surface area contributed by atoms with Gasteiger partial charge in [-0.25, -0.2) is 0 Å². The molecule has 0 N–H and O–H groups in total. The molecule has 0 aliphatic carbocycles. The van der Waals surface area contributed by atoms with Crippen LogP contribution in [0.15, 0.2) is 86.0 Å². The van der Waals surface area contributed by atoms with E-state index in [2.05, 4.69) is 99.8 Å². The third kappa shape index (κ3) is 7.32. The summed E-state index contributed by atoms with van der Waals surface area (Å²) in [5, 5.41) is 5.37. The molecule has 0 heterocycles. The van der Waals surface area contributed by atoms with E-state index in [1.807, 2.05) is 0 Å². The van der Waals surface area contributed by atoms with Crippen LogP contribution in [0.1, 0.15) is 11.1 Å². The molecule has 0 fully saturated rings. The first kappa shape index (κ1) is 26.1. The molecule has 0 unspecified atom stereocenters. The second kappa shape index (κ2) is 13.1. The Labute approximate surface area is 182 Å². The normalized spacial score (nSPS) is 8.56. The summed E-state index contributed by atoms with van der Waals surface area (Å²) in [7, 11) is 0. The van der Waals surface area contributed by atoms with Crippen molar-refractivity contribution >= 4 is 21.5 Å². The minimum Gasteiger partial charge on any atom is -1.00 e. The maximum absolute atomic E-state index is 3.00. The Hall–Kier alpha value is -1.14. The Morgan fingerprint density at radius 2 is 1.00 bits per heavy atom. The zero-order valence-corrected chi connectivity index (χ0v) is 18.6. The van der Waals surface area contributed by atoms with Crippen molar-refractivity contribution in [2.24, 2.45) is 0 Å². The largest absolute Gasteiger partial charge is 4.00 e. The number of hydrogen-bond acceptors (Lipinski definition) is 0. The van der Waals surface area contributed by atoms with Crippen LogP contribution in [0.5, 0.6) is 0 Å². The molecule has 0 aromatic heterocycles. The standard InChI is InChI=1S/2C10H9.C2H4.2ClH.Zr/c2*1-8-5-6-9-3-2-4-10(9)7-8;1-2;;;/h2*2-7H,1H3;1-2H2;2*1H;/q2*-1;;;;+4/p-2. The fourth-order valence-corrected chi connectivity index (χ4v) is 2.49. The number of hydrogen-bond donors (Lipinski definition) is 0. The minimum atomic E-state index is 0. The Morgan fingerprint density at radius 1 is 0.640 bits per heavy atom. The number of halogens is 2. The van der Waals surface area contributed by atoms with Crippen LogP contribution in [-0.2, 0) is 26.2 Å². The quantitative estimate of drug-likeness (QED) is 0.272. The molecule has 0 radical (unpaired) electrons. The van der Waals surface area contributed by atoms with Gasteiger partial charge in [-0.15, -0.1) is 71.1 Å². The Bertz CT molecular complexity index is 786. The van der Waals surface area contributed by atoms with Crippen molar-refractivity contribution in [3.63, 3.8) is 0 Å². The van der Waals surface area contributed by atoms with Crippen LogP contribution in [0, 0.1) is 13.8 Å². The first-order valence-electron chi connectivity index (χ1n) is 7.46. The summed E-state index contributed by atoms with van der Waals surface area (Å²) in [6, 6.07) is 25.7. The van der Waals surface area contributed by atoms with Crippen molar-refractivity contribution in [1.29, 1.82) is 0 Å².